The molecule has 0 saturated heterocycles. The van der Waals surface area contributed by atoms with Gasteiger partial charge in [-0.15, -0.1) is 11.3 Å². The van der Waals surface area contributed by atoms with Crippen molar-refractivity contribution >= 4 is 38.6 Å². The van der Waals surface area contributed by atoms with Crippen LogP contribution in [0.15, 0.2) is 34.8 Å². The minimum atomic E-state index is -3.67. The molecule has 9 heteroatoms. The Morgan fingerprint density at radius 2 is 2.24 bits per heavy atom. The number of aromatic nitrogens is 2. The number of rotatable bonds is 6. The molecule has 112 valence electrons. The number of hydrogen-bond donors (Lipinski definition) is 2. The van der Waals surface area contributed by atoms with Gasteiger partial charge in [0.15, 0.2) is 0 Å². The Kier molecular flexibility index (Phi) is 4.99. The van der Waals surface area contributed by atoms with Crippen LogP contribution >= 0.6 is 23.6 Å². The summed E-state index contributed by atoms with van der Waals surface area (Å²) in [6.07, 6.45) is 3.49. The van der Waals surface area contributed by atoms with Gasteiger partial charge in [-0.05, 0) is 18.6 Å². The van der Waals surface area contributed by atoms with Crippen molar-refractivity contribution in [3.05, 3.63) is 40.6 Å². The molecular weight excluding hydrogens is 328 g/mol. The van der Waals surface area contributed by atoms with Crippen LogP contribution < -0.4 is 10.5 Å². The predicted octanol–water partition coefficient (Wildman–Crippen LogP) is 1.60. The molecule has 2 aromatic heterocycles. The molecule has 3 N–H and O–H groups in total. The summed E-state index contributed by atoms with van der Waals surface area (Å²) in [7, 11) is -3.67. The Hall–Kier alpha value is -1.42. The van der Waals surface area contributed by atoms with E-state index in [1.807, 2.05) is 12.3 Å². The van der Waals surface area contributed by atoms with Crippen molar-refractivity contribution in [3.63, 3.8) is 0 Å². The van der Waals surface area contributed by atoms with Crippen LogP contribution in [-0.4, -0.2) is 23.4 Å². The van der Waals surface area contributed by atoms with Crippen molar-refractivity contribution < 1.29 is 8.42 Å². The lowest BCUT2D eigenvalue weighted by Gasteiger charge is -2.14. The van der Waals surface area contributed by atoms with E-state index in [1.165, 1.54) is 29.7 Å². The Morgan fingerprint density at radius 1 is 1.48 bits per heavy atom. The molecule has 2 rings (SSSR count). The molecular formula is C12H14N4O2S3. The van der Waals surface area contributed by atoms with Gasteiger partial charge in [0.1, 0.15) is 14.9 Å². The highest BCUT2D eigenvalue weighted by Crippen LogP contribution is 2.21. The molecule has 0 amide bonds. The van der Waals surface area contributed by atoms with Crippen LogP contribution in [-0.2, 0) is 10.0 Å². The van der Waals surface area contributed by atoms with E-state index in [1.54, 1.807) is 6.20 Å². The second kappa shape index (κ2) is 6.56. The van der Waals surface area contributed by atoms with Crippen molar-refractivity contribution in [1.82, 2.24) is 14.7 Å². The molecule has 0 fully saturated rings. The van der Waals surface area contributed by atoms with Gasteiger partial charge in [0, 0.05) is 17.8 Å². The normalized spacial score (nSPS) is 13.0. The summed E-state index contributed by atoms with van der Waals surface area (Å²) in [5.41, 5.74) is 5.82. The van der Waals surface area contributed by atoms with Crippen LogP contribution in [0.5, 0.6) is 0 Å². The zero-order valence-electron chi connectivity index (χ0n) is 11.2. The molecule has 0 aliphatic heterocycles. The fourth-order valence-corrected chi connectivity index (χ4v) is 3.85. The van der Waals surface area contributed by atoms with Gasteiger partial charge >= 0.3 is 0 Å². The van der Waals surface area contributed by atoms with Crippen molar-refractivity contribution in [1.29, 1.82) is 0 Å². The summed E-state index contributed by atoms with van der Waals surface area (Å²) in [6.45, 7) is 1.89. The van der Waals surface area contributed by atoms with Crippen molar-refractivity contribution in [2.24, 2.45) is 5.73 Å². The number of sulfonamides is 1. The molecule has 0 spiro atoms. The second-order valence-electron chi connectivity index (χ2n) is 4.20. The first-order valence-electron chi connectivity index (χ1n) is 6.11. The molecule has 0 radical (unpaired) electrons. The standard InChI is InChI=1S/C12H14N4O2S3/c1-2-9(12-14-5-6-20-12)16-21(17,18)8-3-4-10(11(13)19)15-7-8/h3-7,9,16H,2H2,1H3,(H2,13,19). The highest BCUT2D eigenvalue weighted by molar-refractivity contribution is 7.89. The van der Waals surface area contributed by atoms with Crippen LogP contribution in [0.2, 0.25) is 0 Å². The molecule has 0 aromatic carbocycles. The quantitative estimate of drug-likeness (QED) is 0.774. The Balaban J connectivity index is 2.23. The minimum Gasteiger partial charge on any atom is -0.388 e. The van der Waals surface area contributed by atoms with E-state index in [2.05, 4.69) is 14.7 Å². The third kappa shape index (κ3) is 3.82. The van der Waals surface area contributed by atoms with E-state index >= 15 is 0 Å². The van der Waals surface area contributed by atoms with Crippen LogP contribution in [0.3, 0.4) is 0 Å². The maximum absolute atomic E-state index is 12.3. The number of nitrogens with one attached hydrogen (secondary N) is 1. The van der Waals surface area contributed by atoms with Gasteiger partial charge in [0.05, 0.1) is 11.7 Å². The Morgan fingerprint density at radius 3 is 2.71 bits per heavy atom. The van der Waals surface area contributed by atoms with E-state index < -0.39 is 10.0 Å². The smallest absolute Gasteiger partial charge is 0.242 e. The third-order valence-corrected chi connectivity index (χ3v) is 5.31. The maximum Gasteiger partial charge on any atom is 0.242 e. The summed E-state index contributed by atoms with van der Waals surface area (Å²) < 4.78 is 27.3. The molecule has 0 saturated carbocycles. The Labute approximate surface area is 132 Å². The summed E-state index contributed by atoms with van der Waals surface area (Å²) in [4.78, 5) is 8.28. The van der Waals surface area contributed by atoms with E-state index in [0.717, 1.165) is 5.01 Å². The lowest BCUT2D eigenvalue weighted by Crippen LogP contribution is -2.28. The average molecular weight is 342 g/mol. The lowest BCUT2D eigenvalue weighted by molar-refractivity contribution is 0.548. The minimum absolute atomic E-state index is 0.0671. The van der Waals surface area contributed by atoms with Crippen molar-refractivity contribution in [3.8, 4) is 0 Å². The fraction of sp³-hybridized carbons (Fsp3) is 0.250. The van der Waals surface area contributed by atoms with Crippen molar-refractivity contribution in [2.75, 3.05) is 0 Å². The SMILES string of the molecule is CCC(NS(=O)(=O)c1ccc(C(N)=S)nc1)c1nccs1. The van der Waals surface area contributed by atoms with E-state index in [-0.39, 0.29) is 15.9 Å². The summed E-state index contributed by atoms with van der Waals surface area (Å²) in [5, 5.41) is 2.54. The summed E-state index contributed by atoms with van der Waals surface area (Å²) in [5.74, 6) is 0. The highest BCUT2D eigenvalue weighted by Gasteiger charge is 2.22. The fourth-order valence-electron chi connectivity index (χ4n) is 1.66. The summed E-state index contributed by atoms with van der Waals surface area (Å²) in [6, 6.07) is 2.56. The number of thiazole rings is 1. The molecule has 2 heterocycles. The number of pyridine rings is 1. The first-order valence-corrected chi connectivity index (χ1v) is 8.88. The number of thiocarbonyl (C=S) groups is 1. The first kappa shape index (κ1) is 16.0. The molecule has 21 heavy (non-hydrogen) atoms. The van der Waals surface area contributed by atoms with E-state index in [4.69, 9.17) is 18.0 Å². The van der Waals surface area contributed by atoms with Gasteiger partial charge in [0.2, 0.25) is 10.0 Å². The zero-order valence-corrected chi connectivity index (χ0v) is 13.6. The molecule has 2 aromatic rings. The topological polar surface area (TPSA) is 98.0 Å². The first-order chi connectivity index (χ1) is 9.94. The van der Waals surface area contributed by atoms with Crippen LogP contribution in [0.4, 0.5) is 0 Å². The lowest BCUT2D eigenvalue weighted by atomic mass is 10.3. The predicted molar refractivity (Wildman–Crippen MR) is 85.6 cm³/mol. The number of hydrogen-bond acceptors (Lipinski definition) is 6. The zero-order chi connectivity index (χ0) is 15.5. The van der Waals surface area contributed by atoms with Gasteiger partial charge in [-0.2, -0.15) is 0 Å². The van der Waals surface area contributed by atoms with Gasteiger partial charge in [0.25, 0.3) is 0 Å². The Bertz CT molecular complexity index is 711. The molecule has 0 aliphatic carbocycles. The van der Waals surface area contributed by atoms with E-state index in [9.17, 15) is 8.42 Å². The largest absolute Gasteiger partial charge is 0.388 e. The van der Waals surface area contributed by atoms with Crippen LogP contribution in [0, 0.1) is 0 Å². The van der Waals surface area contributed by atoms with E-state index in [0.29, 0.717) is 12.1 Å². The van der Waals surface area contributed by atoms with Gasteiger partial charge in [-0.1, -0.05) is 19.1 Å². The number of nitrogens with two attached hydrogens (primary N) is 1. The van der Waals surface area contributed by atoms with Gasteiger partial charge in [-0.25, -0.2) is 18.1 Å². The average Bonchev–Trinajstić information content (AvgIpc) is 2.99. The molecule has 0 aliphatic rings. The second-order valence-corrected chi connectivity index (χ2v) is 7.28. The molecule has 1 unspecified atom stereocenters. The molecule has 6 nitrogen and oxygen atoms in total. The van der Waals surface area contributed by atoms with Gasteiger partial charge < -0.3 is 5.73 Å². The van der Waals surface area contributed by atoms with Gasteiger partial charge in [-0.3, -0.25) is 4.98 Å². The van der Waals surface area contributed by atoms with Crippen LogP contribution in [0.1, 0.15) is 30.1 Å². The maximum atomic E-state index is 12.3. The summed E-state index contributed by atoms with van der Waals surface area (Å²) >= 11 is 6.20. The monoisotopic (exact) mass is 342 g/mol. The third-order valence-electron chi connectivity index (χ3n) is 2.75. The molecule has 1 atom stereocenters. The van der Waals surface area contributed by atoms with Crippen LogP contribution in [0.25, 0.3) is 0 Å². The van der Waals surface area contributed by atoms with Crippen molar-refractivity contribution in [2.45, 2.75) is 24.3 Å². The highest BCUT2D eigenvalue weighted by atomic mass is 32.2. The molecule has 0 bridgehead atoms. The number of nitrogens with zero attached hydrogens (tertiary/aromatic N) is 2.